The molecular formula is C20H30N4O3. The van der Waals surface area contributed by atoms with Gasteiger partial charge in [-0.1, -0.05) is 25.1 Å². The van der Waals surface area contributed by atoms with Gasteiger partial charge in [-0.05, 0) is 39.4 Å². The molecule has 0 bridgehead atoms. The van der Waals surface area contributed by atoms with Crippen LogP contribution in [0.5, 0.6) is 0 Å². The van der Waals surface area contributed by atoms with Crippen molar-refractivity contribution in [2.24, 2.45) is 5.10 Å². The van der Waals surface area contributed by atoms with Gasteiger partial charge in [0.1, 0.15) is 11.8 Å². The summed E-state index contributed by atoms with van der Waals surface area (Å²) in [7, 11) is 0. The number of esters is 1. The van der Waals surface area contributed by atoms with Crippen LogP contribution in [0.2, 0.25) is 0 Å². The van der Waals surface area contributed by atoms with E-state index in [9.17, 15) is 9.59 Å². The molecule has 1 N–H and O–H groups in total. The van der Waals surface area contributed by atoms with Crippen molar-refractivity contribution < 1.29 is 14.3 Å². The van der Waals surface area contributed by atoms with Crippen LogP contribution in [0, 0.1) is 0 Å². The van der Waals surface area contributed by atoms with E-state index in [-0.39, 0.29) is 24.6 Å². The highest BCUT2D eigenvalue weighted by Crippen LogP contribution is 2.25. The predicted molar refractivity (Wildman–Crippen MR) is 107 cm³/mol. The highest BCUT2D eigenvalue weighted by molar-refractivity contribution is 6.38. The van der Waals surface area contributed by atoms with Gasteiger partial charge in [0.25, 0.3) is 0 Å². The van der Waals surface area contributed by atoms with Gasteiger partial charge in [-0.25, -0.2) is 4.79 Å². The van der Waals surface area contributed by atoms with Crippen molar-refractivity contribution in [3.05, 3.63) is 30.3 Å². The van der Waals surface area contributed by atoms with E-state index in [1.165, 1.54) is 0 Å². The number of carbonyl (C=O) groups excluding carboxylic acids is 2. The minimum absolute atomic E-state index is 0.137. The van der Waals surface area contributed by atoms with Gasteiger partial charge in [-0.2, -0.15) is 5.10 Å². The first-order valence-electron chi connectivity index (χ1n) is 9.58. The fourth-order valence-corrected chi connectivity index (χ4v) is 3.09. The van der Waals surface area contributed by atoms with E-state index in [0.717, 1.165) is 18.8 Å². The number of benzene rings is 1. The number of ether oxygens (including phenoxy) is 1. The molecule has 1 aliphatic rings. The fourth-order valence-electron chi connectivity index (χ4n) is 3.09. The molecule has 7 heteroatoms. The number of nitrogens with zero attached hydrogens (tertiary/aromatic N) is 3. The van der Waals surface area contributed by atoms with E-state index in [1.807, 2.05) is 30.3 Å². The van der Waals surface area contributed by atoms with Crippen LogP contribution in [-0.4, -0.2) is 60.8 Å². The topological polar surface area (TPSA) is 74.2 Å². The fraction of sp³-hybridized carbons (Fsp3) is 0.550. The normalized spacial score (nSPS) is 16.6. The summed E-state index contributed by atoms with van der Waals surface area (Å²) in [5.41, 5.74) is 1.05. The SMILES string of the molecule is CCOC(=O)C1=NN(c2ccccc2)C(C(=O)NCCN(CC)C(C)C)C1. The van der Waals surface area contributed by atoms with Crippen molar-refractivity contribution >= 4 is 23.3 Å². The first-order chi connectivity index (χ1) is 13.0. The summed E-state index contributed by atoms with van der Waals surface area (Å²) in [6, 6.07) is 9.27. The molecular weight excluding hydrogens is 344 g/mol. The minimum Gasteiger partial charge on any atom is -0.461 e. The molecule has 1 aliphatic heterocycles. The van der Waals surface area contributed by atoms with Crippen LogP contribution in [0.1, 0.15) is 34.1 Å². The summed E-state index contributed by atoms with van der Waals surface area (Å²) in [5.74, 6) is -0.604. The third kappa shape index (κ3) is 5.53. The average molecular weight is 374 g/mol. The second-order valence-electron chi connectivity index (χ2n) is 6.68. The summed E-state index contributed by atoms with van der Waals surface area (Å²) in [6.07, 6.45) is 0.237. The molecule has 148 valence electrons. The number of para-hydroxylation sites is 1. The Balaban J connectivity index is 2.06. The van der Waals surface area contributed by atoms with E-state index >= 15 is 0 Å². The Morgan fingerprint density at radius 3 is 2.59 bits per heavy atom. The Hall–Kier alpha value is -2.41. The van der Waals surface area contributed by atoms with Gasteiger partial charge < -0.3 is 10.1 Å². The van der Waals surface area contributed by atoms with Gasteiger partial charge in [0, 0.05) is 25.6 Å². The number of hydrazone groups is 1. The molecule has 1 heterocycles. The van der Waals surface area contributed by atoms with Crippen molar-refractivity contribution in [1.29, 1.82) is 0 Å². The summed E-state index contributed by atoms with van der Waals surface area (Å²) < 4.78 is 5.06. The molecule has 1 aromatic rings. The van der Waals surface area contributed by atoms with Crippen molar-refractivity contribution in [1.82, 2.24) is 10.2 Å². The Morgan fingerprint density at radius 1 is 1.30 bits per heavy atom. The van der Waals surface area contributed by atoms with Crippen LogP contribution < -0.4 is 10.3 Å². The summed E-state index contributed by atoms with van der Waals surface area (Å²) >= 11 is 0. The Bertz CT molecular complexity index is 660. The molecule has 2 rings (SSSR count). The largest absolute Gasteiger partial charge is 0.461 e. The van der Waals surface area contributed by atoms with Crippen LogP contribution in [-0.2, 0) is 14.3 Å². The second kappa shape index (κ2) is 10.1. The lowest BCUT2D eigenvalue weighted by Gasteiger charge is -2.26. The molecule has 0 aliphatic carbocycles. The quantitative estimate of drug-likeness (QED) is 0.670. The third-order valence-corrected chi connectivity index (χ3v) is 4.58. The van der Waals surface area contributed by atoms with Crippen LogP contribution >= 0.6 is 0 Å². The molecule has 27 heavy (non-hydrogen) atoms. The predicted octanol–water partition coefficient (Wildman–Crippen LogP) is 2.03. The van der Waals surface area contributed by atoms with E-state index in [2.05, 4.69) is 36.1 Å². The summed E-state index contributed by atoms with van der Waals surface area (Å²) in [6.45, 7) is 10.7. The molecule has 7 nitrogen and oxygen atoms in total. The van der Waals surface area contributed by atoms with Gasteiger partial charge in [0.05, 0.1) is 12.3 Å². The summed E-state index contributed by atoms with van der Waals surface area (Å²) in [5, 5.41) is 8.97. The smallest absolute Gasteiger partial charge is 0.354 e. The summed E-state index contributed by atoms with van der Waals surface area (Å²) in [4.78, 5) is 27.2. The van der Waals surface area contributed by atoms with Crippen molar-refractivity contribution in [3.8, 4) is 0 Å². The van der Waals surface area contributed by atoms with Crippen LogP contribution in [0.15, 0.2) is 35.4 Å². The maximum atomic E-state index is 12.8. The monoisotopic (exact) mass is 374 g/mol. The Morgan fingerprint density at radius 2 is 2.00 bits per heavy atom. The van der Waals surface area contributed by atoms with Gasteiger partial charge in [-0.15, -0.1) is 0 Å². The molecule has 1 unspecified atom stereocenters. The number of likely N-dealkylation sites (N-methyl/N-ethyl adjacent to an activating group) is 1. The highest BCUT2D eigenvalue weighted by atomic mass is 16.5. The van der Waals surface area contributed by atoms with Gasteiger partial charge >= 0.3 is 5.97 Å². The number of amides is 1. The Kier molecular flexibility index (Phi) is 7.79. The van der Waals surface area contributed by atoms with E-state index < -0.39 is 12.0 Å². The van der Waals surface area contributed by atoms with Gasteiger partial charge in [0.15, 0.2) is 0 Å². The number of rotatable bonds is 9. The van der Waals surface area contributed by atoms with E-state index in [0.29, 0.717) is 12.6 Å². The van der Waals surface area contributed by atoms with E-state index in [1.54, 1.807) is 11.9 Å². The zero-order valence-electron chi connectivity index (χ0n) is 16.6. The molecule has 0 saturated carbocycles. The van der Waals surface area contributed by atoms with Crippen molar-refractivity contribution in [3.63, 3.8) is 0 Å². The molecule has 0 spiro atoms. The maximum Gasteiger partial charge on any atom is 0.354 e. The number of carbonyl (C=O) groups is 2. The number of anilines is 1. The van der Waals surface area contributed by atoms with E-state index in [4.69, 9.17) is 4.74 Å². The molecule has 0 radical (unpaired) electrons. The third-order valence-electron chi connectivity index (χ3n) is 4.58. The molecule has 1 atom stereocenters. The molecule has 1 amide bonds. The number of hydrogen-bond acceptors (Lipinski definition) is 6. The molecule has 1 aromatic carbocycles. The highest BCUT2D eigenvalue weighted by Gasteiger charge is 2.36. The van der Waals surface area contributed by atoms with Crippen LogP contribution in [0.4, 0.5) is 5.69 Å². The van der Waals surface area contributed by atoms with Crippen molar-refractivity contribution in [2.75, 3.05) is 31.3 Å². The molecule has 0 saturated heterocycles. The average Bonchev–Trinajstić information content (AvgIpc) is 3.11. The number of hydrogen-bond donors (Lipinski definition) is 1. The Labute approximate surface area is 161 Å². The first-order valence-corrected chi connectivity index (χ1v) is 9.58. The lowest BCUT2D eigenvalue weighted by atomic mass is 10.1. The van der Waals surface area contributed by atoms with Crippen molar-refractivity contribution in [2.45, 2.75) is 46.2 Å². The lowest BCUT2D eigenvalue weighted by Crippen LogP contribution is -2.46. The van der Waals surface area contributed by atoms with Gasteiger partial charge in [-0.3, -0.25) is 14.7 Å². The van der Waals surface area contributed by atoms with Crippen LogP contribution in [0.25, 0.3) is 0 Å². The molecule has 0 aromatic heterocycles. The number of nitrogens with one attached hydrogen (secondary N) is 1. The lowest BCUT2D eigenvalue weighted by molar-refractivity contribution is -0.135. The van der Waals surface area contributed by atoms with Gasteiger partial charge in [0.2, 0.25) is 5.91 Å². The second-order valence-corrected chi connectivity index (χ2v) is 6.68. The zero-order valence-corrected chi connectivity index (χ0v) is 16.6. The van der Waals surface area contributed by atoms with Crippen LogP contribution in [0.3, 0.4) is 0 Å². The first kappa shape index (κ1) is 20.9. The maximum absolute atomic E-state index is 12.8. The zero-order chi connectivity index (χ0) is 19.8. The standard InChI is InChI=1S/C20H30N4O3/c1-5-23(15(3)4)13-12-21-19(25)18-14-17(20(26)27-6-2)22-24(18)16-10-8-7-9-11-16/h7-11,15,18H,5-6,12-14H2,1-4H3,(H,21,25). The minimum atomic E-state index is -0.555. The molecule has 0 fully saturated rings.